The summed E-state index contributed by atoms with van der Waals surface area (Å²) >= 11 is 5.45. The standard InChI is InChI=1S/C16H27BrN2S/c1-4-5-13-10-19(11-15-6-7-16(17)20-15)14(9-18-13)8-12(2)3/h6-7,12-14,18H,4-5,8-11H2,1-3H3. The van der Waals surface area contributed by atoms with Crippen LogP contribution >= 0.6 is 27.3 Å². The van der Waals surface area contributed by atoms with E-state index in [9.17, 15) is 0 Å². The summed E-state index contributed by atoms with van der Waals surface area (Å²) in [5.41, 5.74) is 0. The molecule has 2 heterocycles. The SMILES string of the molecule is CCCC1CN(Cc2ccc(Br)s2)C(CC(C)C)CN1. The number of piperazine rings is 1. The lowest BCUT2D eigenvalue weighted by atomic mass is 9.97. The molecule has 2 nitrogen and oxygen atoms in total. The quantitative estimate of drug-likeness (QED) is 0.805. The molecule has 2 rings (SSSR count). The molecule has 20 heavy (non-hydrogen) atoms. The zero-order chi connectivity index (χ0) is 14.5. The van der Waals surface area contributed by atoms with Crippen molar-refractivity contribution in [1.29, 1.82) is 0 Å². The van der Waals surface area contributed by atoms with E-state index in [1.165, 1.54) is 34.5 Å². The van der Waals surface area contributed by atoms with E-state index >= 15 is 0 Å². The number of hydrogen-bond acceptors (Lipinski definition) is 3. The van der Waals surface area contributed by atoms with Crippen molar-refractivity contribution in [3.63, 3.8) is 0 Å². The van der Waals surface area contributed by atoms with Gasteiger partial charge in [-0.1, -0.05) is 27.2 Å². The van der Waals surface area contributed by atoms with Crippen molar-refractivity contribution in [2.75, 3.05) is 13.1 Å². The molecule has 0 bridgehead atoms. The Morgan fingerprint density at radius 1 is 1.45 bits per heavy atom. The number of halogens is 1. The molecule has 1 aromatic rings. The van der Waals surface area contributed by atoms with Gasteiger partial charge in [-0.25, -0.2) is 0 Å². The topological polar surface area (TPSA) is 15.3 Å². The van der Waals surface area contributed by atoms with E-state index in [4.69, 9.17) is 0 Å². The molecule has 1 fully saturated rings. The van der Waals surface area contributed by atoms with Crippen LogP contribution in [0.5, 0.6) is 0 Å². The molecule has 2 atom stereocenters. The predicted octanol–water partition coefficient (Wildman–Crippen LogP) is 4.50. The normalized spacial score (nSPS) is 24.4. The molecular formula is C16H27BrN2S. The van der Waals surface area contributed by atoms with Crippen molar-refractivity contribution in [3.05, 3.63) is 20.8 Å². The summed E-state index contributed by atoms with van der Waals surface area (Å²) in [5.74, 6) is 0.766. The molecule has 0 radical (unpaired) electrons. The van der Waals surface area contributed by atoms with Gasteiger partial charge in [-0.2, -0.15) is 0 Å². The fraction of sp³-hybridized carbons (Fsp3) is 0.750. The molecule has 0 aliphatic carbocycles. The van der Waals surface area contributed by atoms with Gasteiger partial charge in [-0.3, -0.25) is 4.90 Å². The molecule has 0 spiro atoms. The molecular weight excluding hydrogens is 332 g/mol. The van der Waals surface area contributed by atoms with E-state index < -0.39 is 0 Å². The first-order valence-electron chi connectivity index (χ1n) is 7.80. The molecule has 0 aromatic carbocycles. The van der Waals surface area contributed by atoms with Gasteiger partial charge in [0, 0.05) is 36.6 Å². The van der Waals surface area contributed by atoms with Crippen LogP contribution in [0.15, 0.2) is 15.9 Å². The van der Waals surface area contributed by atoms with Gasteiger partial charge >= 0.3 is 0 Å². The van der Waals surface area contributed by atoms with Crippen molar-refractivity contribution in [2.24, 2.45) is 5.92 Å². The van der Waals surface area contributed by atoms with Crippen LogP contribution < -0.4 is 5.32 Å². The average molecular weight is 359 g/mol. The lowest BCUT2D eigenvalue weighted by Crippen LogP contribution is -2.56. The third-order valence-electron chi connectivity index (χ3n) is 3.98. The summed E-state index contributed by atoms with van der Waals surface area (Å²) in [4.78, 5) is 4.18. The van der Waals surface area contributed by atoms with Crippen LogP contribution in [0.25, 0.3) is 0 Å². The molecule has 1 aliphatic heterocycles. The van der Waals surface area contributed by atoms with Gasteiger partial charge in [0.05, 0.1) is 3.79 Å². The molecule has 1 aliphatic rings. The largest absolute Gasteiger partial charge is 0.311 e. The summed E-state index contributed by atoms with van der Waals surface area (Å²) in [7, 11) is 0. The maximum Gasteiger partial charge on any atom is 0.0701 e. The lowest BCUT2D eigenvalue weighted by molar-refractivity contribution is 0.105. The number of hydrogen-bond donors (Lipinski definition) is 1. The Morgan fingerprint density at radius 2 is 2.25 bits per heavy atom. The lowest BCUT2D eigenvalue weighted by Gasteiger charge is -2.41. The van der Waals surface area contributed by atoms with E-state index in [-0.39, 0.29) is 0 Å². The van der Waals surface area contributed by atoms with Crippen LogP contribution in [-0.4, -0.2) is 30.1 Å². The molecule has 4 heteroatoms. The number of nitrogens with one attached hydrogen (secondary N) is 1. The Kier molecular flexibility index (Phi) is 6.53. The highest BCUT2D eigenvalue weighted by molar-refractivity contribution is 9.11. The van der Waals surface area contributed by atoms with Gasteiger partial charge in [-0.05, 0) is 46.8 Å². The molecule has 0 saturated carbocycles. The van der Waals surface area contributed by atoms with Crippen molar-refractivity contribution < 1.29 is 0 Å². The van der Waals surface area contributed by atoms with Crippen LogP contribution in [-0.2, 0) is 6.54 Å². The van der Waals surface area contributed by atoms with Crippen molar-refractivity contribution in [3.8, 4) is 0 Å². The first-order chi connectivity index (χ1) is 9.58. The number of thiophene rings is 1. The number of rotatable bonds is 6. The van der Waals surface area contributed by atoms with Crippen LogP contribution in [0.1, 0.15) is 44.9 Å². The Hall–Kier alpha value is 0.1000. The molecule has 114 valence electrons. The van der Waals surface area contributed by atoms with Gasteiger partial charge in [0.25, 0.3) is 0 Å². The summed E-state index contributed by atoms with van der Waals surface area (Å²) in [6.45, 7) is 10.4. The second-order valence-electron chi connectivity index (χ2n) is 6.31. The molecule has 1 N–H and O–H groups in total. The maximum absolute atomic E-state index is 3.75. The highest BCUT2D eigenvalue weighted by Gasteiger charge is 2.28. The zero-order valence-electron chi connectivity index (χ0n) is 12.9. The number of nitrogens with zero attached hydrogens (tertiary/aromatic N) is 1. The molecule has 2 unspecified atom stereocenters. The average Bonchev–Trinajstić information content (AvgIpc) is 2.78. The predicted molar refractivity (Wildman–Crippen MR) is 92.4 cm³/mol. The molecule has 1 aromatic heterocycles. The summed E-state index contributed by atoms with van der Waals surface area (Å²) in [6, 6.07) is 5.79. The van der Waals surface area contributed by atoms with Gasteiger partial charge in [0.2, 0.25) is 0 Å². The van der Waals surface area contributed by atoms with Gasteiger partial charge in [0.15, 0.2) is 0 Å². The smallest absolute Gasteiger partial charge is 0.0701 e. The second kappa shape index (κ2) is 7.92. The Bertz CT molecular complexity index is 405. The minimum absolute atomic E-state index is 0.673. The first-order valence-corrected chi connectivity index (χ1v) is 9.41. The highest BCUT2D eigenvalue weighted by Crippen LogP contribution is 2.26. The van der Waals surface area contributed by atoms with E-state index in [1.54, 1.807) is 0 Å². The minimum atomic E-state index is 0.673. The van der Waals surface area contributed by atoms with E-state index in [0.29, 0.717) is 12.1 Å². The van der Waals surface area contributed by atoms with E-state index in [2.05, 4.69) is 59.1 Å². The van der Waals surface area contributed by atoms with Crippen LogP contribution in [0, 0.1) is 5.92 Å². The Morgan fingerprint density at radius 3 is 2.85 bits per heavy atom. The fourth-order valence-electron chi connectivity index (χ4n) is 3.08. The zero-order valence-corrected chi connectivity index (χ0v) is 15.3. The fourth-order valence-corrected chi connectivity index (χ4v) is 4.59. The summed E-state index contributed by atoms with van der Waals surface area (Å²) in [6.07, 6.45) is 3.85. The third kappa shape index (κ3) is 4.83. The van der Waals surface area contributed by atoms with Crippen molar-refractivity contribution in [2.45, 2.75) is 58.7 Å². The van der Waals surface area contributed by atoms with Crippen molar-refractivity contribution >= 4 is 27.3 Å². The van der Waals surface area contributed by atoms with Gasteiger partial charge < -0.3 is 5.32 Å². The van der Waals surface area contributed by atoms with Crippen LogP contribution in [0.2, 0.25) is 0 Å². The van der Waals surface area contributed by atoms with E-state index in [1.807, 2.05) is 11.3 Å². The second-order valence-corrected chi connectivity index (χ2v) is 8.86. The van der Waals surface area contributed by atoms with Gasteiger partial charge in [-0.15, -0.1) is 11.3 Å². The first kappa shape index (κ1) is 16.5. The van der Waals surface area contributed by atoms with Crippen LogP contribution in [0.3, 0.4) is 0 Å². The Labute approximate surface area is 136 Å². The Balaban J connectivity index is 2.00. The third-order valence-corrected chi connectivity index (χ3v) is 5.59. The summed E-state index contributed by atoms with van der Waals surface area (Å²) in [5, 5.41) is 3.75. The van der Waals surface area contributed by atoms with Crippen molar-refractivity contribution in [1.82, 2.24) is 10.2 Å². The minimum Gasteiger partial charge on any atom is -0.311 e. The molecule has 1 saturated heterocycles. The van der Waals surface area contributed by atoms with Crippen LogP contribution in [0.4, 0.5) is 0 Å². The summed E-state index contributed by atoms with van der Waals surface area (Å²) < 4.78 is 1.24. The van der Waals surface area contributed by atoms with Gasteiger partial charge in [0.1, 0.15) is 0 Å². The molecule has 0 amide bonds. The highest BCUT2D eigenvalue weighted by atomic mass is 79.9. The maximum atomic E-state index is 3.75. The van der Waals surface area contributed by atoms with E-state index in [0.717, 1.165) is 19.0 Å². The monoisotopic (exact) mass is 358 g/mol.